The first kappa shape index (κ1) is 19.2. The van der Waals surface area contributed by atoms with E-state index in [1.54, 1.807) is 36.0 Å². The lowest BCUT2D eigenvalue weighted by atomic mass is 9.77. The Hall–Kier alpha value is -3.18. The topological polar surface area (TPSA) is 77.8 Å². The first-order chi connectivity index (χ1) is 14.0. The van der Waals surface area contributed by atoms with E-state index in [9.17, 15) is 15.0 Å². The summed E-state index contributed by atoms with van der Waals surface area (Å²) < 4.78 is 0. The number of hydrogen-bond acceptors (Lipinski definition) is 4. The third-order valence-corrected chi connectivity index (χ3v) is 6.38. The van der Waals surface area contributed by atoms with Crippen molar-refractivity contribution in [2.24, 2.45) is 0 Å². The van der Waals surface area contributed by atoms with Gasteiger partial charge in [0.1, 0.15) is 11.5 Å². The molecule has 1 aliphatic heterocycles. The van der Waals surface area contributed by atoms with E-state index in [1.165, 1.54) is 0 Å². The zero-order valence-electron chi connectivity index (χ0n) is 15.5. The van der Waals surface area contributed by atoms with Crippen LogP contribution in [0.2, 0.25) is 0 Å². The highest BCUT2D eigenvalue weighted by atomic mass is 32.2. The fourth-order valence-corrected chi connectivity index (χ4v) is 5.11. The van der Waals surface area contributed by atoms with Crippen molar-refractivity contribution in [1.82, 2.24) is 0 Å². The molecule has 0 fully saturated rings. The largest absolute Gasteiger partial charge is 0.508 e. The van der Waals surface area contributed by atoms with Crippen molar-refractivity contribution in [2.45, 2.75) is 16.7 Å². The first-order valence-corrected chi connectivity index (χ1v) is 10.3. The van der Waals surface area contributed by atoms with Gasteiger partial charge in [-0.15, -0.1) is 11.8 Å². The number of carbonyl (C=O) groups is 1. The Labute approximate surface area is 173 Å². The Kier molecular flexibility index (Phi) is 5.32. The minimum Gasteiger partial charge on any atom is -0.508 e. The molecule has 1 heterocycles. The number of phenols is 2. The quantitative estimate of drug-likeness (QED) is 0.520. The van der Waals surface area contributed by atoms with Gasteiger partial charge in [-0.25, -0.2) is 4.79 Å². The van der Waals surface area contributed by atoms with E-state index in [1.807, 2.05) is 48.5 Å². The summed E-state index contributed by atoms with van der Waals surface area (Å²) in [6.07, 6.45) is 2.70. The minimum absolute atomic E-state index is 0.0916. The second kappa shape index (κ2) is 8.05. The normalized spacial score (nSPS) is 18.5. The van der Waals surface area contributed by atoms with E-state index in [0.717, 1.165) is 39.0 Å². The van der Waals surface area contributed by atoms with Crippen molar-refractivity contribution in [1.29, 1.82) is 0 Å². The Morgan fingerprint density at radius 1 is 0.897 bits per heavy atom. The van der Waals surface area contributed by atoms with Gasteiger partial charge in [-0.2, -0.15) is 0 Å². The fourth-order valence-electron chi connectivity index (χ4n) is 3.80. The number of thioether (sulfide) groups is 1. The van der Waals surface area contributed by atoms with E-state index < -0.39 is 5.97 Å². The highest BCUT2D eigenvalue weighted by Crippen LogP contribution is 2.49. The number of phenolic OH excluding ortho intramolecular Hbond substituents is 2. The van der Waals surface area contributed by atoms with Crippen molar-refractivity contribution in [2.75, 3.05) is 5.75 Å². The lowest BCUT2D eigenvalue weighted by Crippen LogP contribution is -2.19. The monoisotopic (exact) mass is 404 g/mol. The summed E-state index contributed by atoms with van der Waals surface area (Å²) in [5, 5.41) is 28.4. The van der Waals surface area contributed by atoms with Crippen LogP contribution in [0, 0.1) is 0 Å². The second-order valence-corrected chi connectivity index (χ2v) is 8.11. The molecule has 0 saturated carbocycles. The summed E-state index contributed by atoms with van der Waals surface area (Å²) in [4.78, 5) is 11.8. The van der Waals surface area contributed by atoms with Crippen LogP contribution in [0.5, 0.6) is 11.5 Å². The molecule has 0 radical (unpaired) electrons. The Bertz CT molecular complexity index is 1060. The number of aliphatic carboxylic acids is 1. The van der Waals surface area contributed by atoms with Crippen LogP contribution in [0.4, 0.5) is 0 Å². The van der Waals surface area contributed by atoms with E-state index in [2.05, 4.69) is 0 Å². The highest BCUT2D eigenvalue weighted by Gasteiger charge is 2.32. The first-order valence-electron chi connectivity index (χ1n) is 9.27. The molecule has 0 aliphatic carbocycles. The molecule has 3 aromatic carbocycles. The van der Waals surface area contributed by atoms with Crippen LogP contribution in [0.25, 0.3) is 6.08 Å². The van der Waals surface area contributed by atoms with Gasteiger partial charge in [0.25, 0.3) is 0 Å². The lowest BCUT2D eigenvalue weighted by Gasteiger charge is -2.34. The summed E-state index contributed by atoms with van der Waals surface area (Å²) in [7, 11) is 0. The van der Waals surface area contributed by atoms with Crippen LogP contribution in [0.3, 0.4) is 0 Å². The molecule has 0 amide bonds. The molecule has 0 spiro atoms. The zero-order chi connectivity index (χ0) is 20.4. The number of aromatic hydroxyl groups is 2. The summed E-state index contributed by atoms with van der Waals surface area (Å²) in [6, 6.07) is 20.8. The van der Waals surface area contributed by atoms with Crippen LogP contribution < -0.4 is 0 Å². The van der Waals surface area contributed by atoms with Gasteiger partial charge in [-0.3, -0.25) is 0 Å². The molecule has 2 atom stereocenters. The molecule has 146 valence electrons. The molecule has 4 rings (SSSR count). The van der Waals surface area contributed by atoms with Gasteiger partial charge in [0.05, 0.1) is 0 Å². The van der Waals surface area contributed by atoms with Crippen LogP contribution in [-0.4, -0.2) is 27.0 Å². The molecular weight excluding hydrogens is 384 g/mol. The molecular formula is C24H20O4S. The Balaban J connectivity index is 1.76. The second-order valence-electron chi connectivity index (χ2n) is 7.05. The zero-order valence-corrected chi connectivity index (χ0v) is 16.3. The van der Waals surface area contributed by atoms with Gasteiger partial charge in [-0.1, -0.05) is 42.5 Å². The molecule has 0 saturated heterocycles. The Morgan fingerprint density at radius 3 is 2.24 bits per heavy atom. The van der Waals surface area contributed by atoms with Crippen molar-refractivity contribution in [3.8, 4) is 11.5 Å². The molecule has 29 heavy (non-hydrogen) atoms. The van der Waals surface area contributed by atoms with E-state index in [-0.39, 0.29) is 23.3 Å². The van der Waals surface area contributed by atoms with Gasteiger partial charge in [0.15, 0.2) is 0 Å². The number of carboxylic acids is 1. The van der Waals surface area contributed by atoms with E-state index in [4.69, 9.17) is 5.11 Å². The van der Waals surface area contributed by atoms with Crippen molar-refractivity contribution in [3.05, 3.63) is 95.1 Å². The molecule has 5 heteroatoms. The van der Waals surface area contributed by atoms with Gasteiger partial charge in [-0.05, 0) is 52.6 Å². The average Bonchev–Trinajstić information content (AvgIpc) is 2.72. The molecule has 0 aromatic heterocycles. The summed E-state index contributed by atoms with van der Waals surface area (Å²) in [6.45, 7) is 0. The molecule has 2 unspecified atom stereocenters. The molecule has 3 N–H and O–H groups in total. The van der Waals surface area contributed by atoms with Gasteiger partial charge in [0, 0.05) is 28.6 Å². The third-order valence-electron chi connectivity index (χ3n) is 5.19. The standard InChI is InChI=1S/C24H20O4S/c25-18-8-6-16(7-9-18)21-14-29-22-13-19(26)10-11-20(22)24(21)17-4-1-15(2-5-17)3-12-23(27)28/h1-13,21,24-26H,14H2,(H,27,28). The van der Waals surface area contributed by atoms with Crippen LogP contribution in [-0.2, 0) is 4.79 Å². The number of hydrogen-bond donors (Lipinski definition) is 3. The van der Waals surface area contributed by atoms with Crippen molar-refractivity contribution >= 4 is 23.8 Å². The number of fused-ring (bicyclic) bond motifs is 1. The summed E-state index contributed by atoms with van der Waals surface area (Å²) in [5.41, 5.74) is 4.26. The predicted octanol–water partition coefficient (Wildman–Crippen LogP) is 5.22. The summed E-state index contributed by atoms with van der Waals surface area (Å²) in [5.74, 6) is 0.680. The number of benzene rings is 3. The predicted molar refractivity (Wildman–Crippen MR) is 115 cm³/mol. The molecule has 0 bridgehead atoms. The maximum absolute atomic E-state index is 10.7. The van der Waals surface area contributed by atoms with Crippen LogP contribution in [0.15, 0.2) is 77.7 Å². The SMILES string of the molecule is O=C(O)C=Cc1ccc(C2c3ccc(O)cc3SCC2c2ccc(O)cc2)cc1. The van der Waals surface area contributed by atoms with Crippen molar-refractivity contribution < 1.29 is 20.1 Å². The summed E-state index contributed by atoms with van der Waals surface area (Å²) >= 11 is 1.72. The Morgan fingerprint density at radius 2 is 1.55 bits per heavy atom. The molecule has 3 aromatic rings. The van der Waals surface area contributed by atoms with E-state index in [0.29, 0.717) is 0 Å². The van der Waals surface area contributed by atoms with Gasteiger partial charge in [0.2, 0.25) is 0 Å². The fraction of sp³-hybridized carbons (Fsp3) is 0.125. The number of rotatable bonds is 4. The smallest absolute Gasteiger partial charge is 0.328 e. The molecule has 4 nitrogen and oxygen atoms in total. The van der Waals surface area contributed by atoms with Crippen LogP contribution >= 0.6 is 11.8 Å². The third kappa shape index (κ3) is 4.15. The lowest BCUT2D eigenvalue weighted by molar-refractivity contribution is -0.131. The molecule has 1 aliphatic rings. The number of carboxylic acid groups (broad SMARTS) is 1. The van der Waals surface area contributed by atoms with E-state index >= 15 is 0 Å². The van der Waals surface area contributed by atoms with Crippen molar-refractivity contribution in [3.63, 3.8) is 0 Å². The maximum Gasteiger partial charge on any atom is 0.328 e. The average molecular weight is 404 g/mol. The minimum atomic E-state index is -0.973. The maximum atomic E-state index is 10.7. The van der Waals surface area contributed by atoms with Gasteiger partial charge >= 0.3 is 5.97 Å². The highest BCUT2D eigenvalue weighted by molar-refractivity contribution is 7.99. The van der Waals surface area contributed by atoms with Crippen LogP contribution in [0.1, 0.15) is 34.1 Å². The van der Waals surface area contributed by atoms with Gasteiger partial charge < -0.3 is 15.3 Å².